The number of hydrogen-bond donors (Lipinski definition) is 0. The van der Waals surface area contributed by atoms with Crippen molar-refractivity contribution in [3.05, 3.63) is 47.5 Å². The number of carbonyl (C=O) groups excluding carboxylic acids is 1. The summed E-state index contributed by atoms with van der Waals surface area (Å²) >= 11 is 0. The van der Waals surface area contributed by atoms with Crippen molar-refractivity contribution in [2.75, 3.05) is 32.9 Å². The molecule has 1 saturated heterocycles. The van der Waals surface area contributed by atoms with Gasteiger partial charge in [-0.2, -0.15) is 0 Å². The van der Waals surface area contributed by atoms with Gasteiger partial charge >= 0.3 is 0 Å². The third kappa shape index (κ3) is 3.15. The highest BCUT2D eigenvalue weighted by molar-refractivity contribution is 5.98. The molecule has 7 nitrogen and oxygen atoms in total. The molecule has 3 heterocycles. The van der Waals surface area contributed by atoms with Gasteiger partial charge in [-0.1, -0.05) is 6.07 Å². The first-order valence-electron chi connectivity index (χ1n) is 8.31. The molecule has 2 aliphatic heterocycles. The van der Waals surface area contributed by atoms with Crippen LogP contribution in [0.4, 0.5) is 0 Å². The van der Waals surface area contributed by atoms with E-state index in [-0.39, 0.29) is 12.0 Å². The molecule has 0 bridgehead atoms. The zero-order chi connectivity index (χ0) is 17.2. The minimum atomic E-state index is -0.254. The molecule has 4 rings (SSSR count). The molecular weight excluding hydrogens is 322 g/mol. The van der Waals surface area contributed by atoms with E-state index < -0.39 is 0 Å². The van der Waals surface area contributed by atoms with Crippen molar-refractivity contribution in [3.63, 3.8) is 0 Å². The molecule has 1 aromatic carbocycles. The third-order valence-corrected chi connectivity index (χ3v) is 4.28. The molecule has 25 heavy (non-hydrogen) atoms. The van der Waals surface area contributed by atoms with Gasteiger partial charge in [0, 0.05) is 12.7 Å². The zero-order valence-corrected chi connectivity index (χ0v) is 14.0. The van der Waals surface area contributed by atoms with E-state index in [2.05, 4.69) is 9.97 Å². The molecule has 2 aromatic rings. The van der Waals surface area contributed by atoms with Crippen LogP contribution in [-0.4, -0.2) is 53.7 Å². The second-order valence-electron chi connectivity index (χ2n) is 5.97. The molecule has 7 heteroatoms. The fraction of sp³-hybridized carbons (Fsp3) is 0.389. The van der Waals surface area contributed by atoms with Crippen LogP contribution in [0.15, 0.2) is 30.5 Å². The van der Waals surface area contributed by atoms with E-state index in [0.717, 1.165) is 5.69 Å². The Kier molecular flexibility index (Phi) is 4.23. The summed E-state index contributed by atoms with van der Waals surface area (Å²) in [7, 11) is 0. The van der Waals surface area contributed by atoms with Crippen LogP contribution in [0.25, 0.3) is 0 Å². The molecule has 1 aromatic heterocycles. The van der Waals surface area contributed by atoms with Crippen molar-refractivity contribution >= 4 is 5.91 Å². The number of para-hydroxylation sites is 1. The lowest BCUT2D eigenvalue weighted by atomic mass is 10.1. The van der Waals surface area contributed by atoms with Crippen LogP contribution in [0.5, 0.6) is 11.5 Å². The van der Waals surface area contributed by atoms with Crippen LogP contribution in [0, 0.1) is 6.92 Å². The Balaban J connectivity index is 1.56. The van der Waals surface area contributed by atoms with E-state index in [9.17, 15) is 4.79 Å². The van der Waals surface area contributed by atoms with Crippen LogP contribution >= 0.6 is 0 Å². The predicted molar refractivity (Wildman–Crippen MR) is 88.8 cm³/mol. The van der Waals surface area contributed by atoms with Gasteiger partial charge in [0.15, 0.2) is 11.5 Å². The molecular formula is C18H19N3O4. The number of amides is 1. The summed E-state index contributed by atoms with van der Waals surface area (Å²) in [5, 5.41) is 0. The summed E-state index contributed by atoms with van der Waals surface area (Å²) in [4.78, 5) is 23.3. The van der Waals surface area contributed by atoms with E-state index in [4.69, 9.17) is 14.2 Å². The smallest absolute Gasteiger partial charge is 0.257 e. The molecule has 0 saturated carbocycles. The summed E-state index contributed by atoms with van der Waals surface area (Å²) in [5.74, 6) is 1.75. The molecule has 2 aliphatic rings. The second-order valence-corrected chi connectivity index (χ2v) is 5.97. The van der Waals surface area contributed by atoms with Crippen molar-refractivity contribution in [2.45, 2.75) is 13.0 Å². The normalized spacial score (nSPS) is 19.6. The Labute approximate surface area is 145 Å². The number of ether oxygens (including phenoxy) is 3. The molecule has 0 spiro atoms. The fourth-order valence-electron chi connectivity index (χ4n) is 3.08. The number of nitrogens with zero attached hydrogens (tertiary/aromatic N) is 3. The third-order valence-electron chi connectivity index (χ3n) is 4.28. The summed E-state index contributed by atoms with van der Waals surface area (Å²) in [6.07, 6.45) is 1.46. The molecule has 130 valence electrons. The molecule has 1 atom stereocenters. The molecule has 0 unspecified atom stereocenters. The topological polar surface area (TPSA) is 73.8 Å². The number of morpholine rings is 1. The maximum atomic E-state index is 13.0. The van der Waals surface area contributed by atoms with Gasteiger partial charge in [0.05, 0.1) is 24.4 Å². The van der Waals surface area contributed by atoms with Gasteiger partial charge in [0.1, 0.15) is 25.1 Å². The first-order chi connectivity index (χ1) is 12.2. The lowest BCUT2D eigenvalue weighted by molar-refractivity contribution is -0.0250. The maximum Gasteiger partial charge on any atom is 0.257 e. The van der Waals surface area contributed by atoms with Crippen molar-refractivity contribution in [2.24, 2.45) is 0 Å². The van der Waals surface area contributed by atoms with Crippen molar-refractivity contribution in [1.82, 2.24) is 14.9 Å². The maximum absolute atomic E-state index is 13.0. The molecule has 0 N–H and O–H groups in total. The summed E-state index contributed by atoms with van der Waals surface area (Å²) < 4.78 is 17.0. The number of hydrogen-bond acceptors (Lipinski definition) is 6. The highest BCUT2D eigenvalue weighted by atomic mass is 16.6. The minimum Gasteiger partial charge on any atom is -0.486 e. The Bertz CT molecular complexity index is 796. The Morgan fingerprint density at radius 2 is 2.08 bits per heavy atom. The largest absolute Gasteiger partial charge is 0.486 e. The quantitative estimate of drug-likeness (QED) is 0.829. The standard InChI is InChI=1S/C18H19N3O4/c1-12-19-6-5-14(20-12)16-11-21(7-8-23-16)18(22)13-3-2-4-15-17(13)25-10-9-24-15/h2-6,16H,7-11H2,1H3/t16-/m0/s1. The number of rotatable bonds is 2. The number of benzene rings is 1. The average molecular weight is 341 g/mol. The van der Waals surface area contributed by atoms with Crippen LogP contribution < -0.4 is 9.47 Å². The number of carbonyl (C=O) groups is 1. The van der Waals surface area contributed by atoms with Crippen LogP contribution in [0.2, 0.25) is 0 Å². The Morgan fingerprint density at radius 3 is 2.96 bits per heavy atom. The first kappa shape index (κ1) is 15.8. The van der Waals surface area contributed by atoms with Crippen molar-refractivity contribution in [3.8, 4) is 11.5 Å². The first-order valence-corrected chi connectivity index (χ1v) is 8.31. The molecule has 0 radical (unpaired) electrons. The Morgan fingerprint density at radius 1 is 1.20 bits per heavy atom. The van der Waals surface area contributed by atoms with Crippen LogP contribution in [-0.2, 0) is 4.74 Å². The van der Waals surface area contributed by atoms with Crippen LogP contribution in [0.1, 0.15) is 28.0 Å². The van der Waals surface area contributed by atoms with Crippen molar-refractivity contribution in [1.29, 1.82) is 0 Å². The zero-order valence-electron chi connectivity index (χ0n) is 14.0. The average Bonchev–Trinajstić information content (AvgIpc) is 2.67. The molecule has 1 fully saturated rings. The monoisotopic (exact) mass is 341 g/mol. The molecule has 0 aliphatic carbocycles. The van der Waals surface area contributed by atoms with Gasteiger partial charge in [-0.3, -0.25) is 4.79 Å². The molecule has 1 amide bonds. The Hall–Kier alpha value is -2.67. The number of aryl methyl sites for hydroxylation is 1. The van der Waals surface area contributed by atoms with E-state index >= 15 is 0 Å². The van der Waals surface area contributed by atoms with Gasteiger partial charge in [0.2, 0.25) is 0 Å². The second kappa shape index (κ2) is 6.68. The van der Waals surface area contributed by atoms with Gasteiger partial charge < -0.3 is 19.1 Å². The van der Waals surface area contributed by atoms with Crippen LogP contribution in [0.3, 0.4) is 0 Å². The van der Waals surface area contributed by atoms with Gasteiger partial charge in [-0.05, 0) is 25.1 Å². The lowest BCUT2D eigenvalue weighted by Gasteiger charge is -2.33. The van der Waals surface area contributed by atoms with Gasteiger partial charge in [-0.15, -0.1) is 0 Å². The highest BCUT2D eigenvalue weighted by Gasteiger charge is 2.30. The summed E-state index contributed by atoms with van der Waals surface area (Å²) in [6.45, 7) is 4.22. The summed E-state index contributed by atoms with van der Waals surface area (Å²) in [5.41, 5.74) is 1.32. The predicted octanol–water partition coefficient (Wildman–Crippen LogP) is 1.77. The van der Waals surface area contributed by atoms with Crippen molar-refractivity contribution < 1.29 is 19.0 Å². The van der Waals surface area contributed by atoms with Gasteiger partial charge in [0.25, 0.3) is 5.91 Å². The SMILES string of the molecule is Cc1nccc([C@@H]2CN(C(=O)c3cccc4c3OCCO4)CCO2)n1. The minimum absolute atomic E-state index is 0.0820. The van der Waals surface area contributed by atoms with E-state index in [1.807, 2.05) is 25.1 Å². The highest BCUT2D eigenvalue weighted by Crippen LogP contribution is 2.35. The number of fused-ring (bicyclic) bond motifs is 1. The van der Waals surface area contributed by atoms with Gasteiger partial charge in [-0.25, -0.2) is 9.97 Å². The lowest BCUT2D eigenvalue weighted by Crippen LogP contribution is -2.42. The summed E-state index contributed by atoms with van der Waals surface area (Å²) in [6, 6.07) is 7.23. The van der Waals surface area contributed by atoms with E-state index in [1.165, 1.54) is 0 Å². The van der Waals surface area contributed by atoms with E-state index in [0.29, 0.717) is 55.8 Å². The number of aromatic nitrogens is 2. The van der Waals surface area contributed by atoms with E-state index in [1.54, 1.807) is 17.2 Å². The fourth-order valence-corrected chi connectivity index (χ4v) is 3.08.